The molecule has 10 nitrogen and oxygen atoms in total. The molecule has 166 valence electrons. The fraction of sp³-hybridized carbons (Fsp3) is 0.737. The van der Waals surface area contributed by atoms with Crippen molar-refractivity contribution in [3.63, 3.8) is 0 Å². The van der Waals surface area contributed by atoms with Gasteiger partial charge in [0.05, 0.1) is 12.1 Å². The molecule has 0 amide bonds. The highest BCUT2D eigenvalue weighted by Gasteiger charge is 2.43. The van der Waals surface area contributed by atoms with Gasteiger partial charge in [-0.15, -0.1) is 5.10 Å². The largest absolute Gasteiger partial charge is 0.481 e. The van der Waals surface area contributed by atoms with Crippen LogP contribution in [0.4, 0.5) is 5.82 Å². The Hall–Kier alpha value is -1.98. The molecular weight excluding hydrogens is 408 g/mol. The highest BCUT2D eigenvalue weighted by molar-refractivity contribution is 7.99. The number of thioether (sulfide) groups is 1. The summed E-state index contributed by atoms with van der Waals surface area (Å²) in [6.45, 7) is 4.79. The molecule has 30 heavy (non-hydrogen) atoms. The molecule has 0 spiro atoms. The third-order valence-corrected chi connectivity index (χ3v) is 6.37. The number of rotatable bonds is 11. The van der Waals surface area contributed by atoms with E-state index in [0.29, 0.717) is 41.5 Å². The van der Waals surface area contributed by atoms with Crippen molar-refractivity contribution in [1.29, 1.82) is 0 Å². The molecule has 11 heteroatoms. The number of carboxylic acid groups (broad SMARTS) is 1. The lowest BCUT2D eigenvalue weighted by Crippen LogP contribution is -2.30. The van der Waals surface area contributed by atoms with Crippen LogP contribution >= 0.6 is 11.8 Å². The molecule has 0 aromatic carbocycles. The summed E-state index contributed by atoms with van der Waals surface area (Å²) in [5, 5.41) is 42.2. The maximum atomic E-state index is 10.9. The Morgan fingerprint density at radius 2 is 2.03 bits per heavy atom. The number of hydrogen-bond acceptors (Lipinski definition) is 9. The molecule has 0 saturated heterocycles. The van der Waals surface area contributed by atoms with Gasteiger partial charge in [0.25, 0.3) is 0 Å². The SMILES string of the molecule is CCCCCSc1nc(NCC)c2nnn(C3CC(CCC(=O)O)C(O)C3O)c2n1. The van der Waals surface area contributed by atoms with Gasteiger partial charge in [-0.25, -0.2) is 14.6 Å². The molecule has 4 atom stereocenters. The Kier molecular flexibility index (Phi) is 7.84. The molecule has 0 aliphatic heterocycles. The van der Waals surface area contributed by atoms with Gasteiger partial charge in [-0.3, -0.25) is 4.79 Å². The summed E-state index contributed by atoms with van der Waals surface area (Å²) >= 11 is 1.57. The van der Waals surface area contributed by atoms with Gasteiger partial charge < -0.3 is 20.6 Å². The van der Waals surface area contributed by atoms with E-state index in [9.17, 15) is 15.0 Å². The number of hydrogen-bond donors (Lipinski definition) is 4. The second kappa shape index (κ2) is 10.4. The molecule has 2 heterocycles. The molecule has 4 N–H and O–H groups in total. The number of nitrogens with zero attached hydrogens (tertiary/aromatic N) is 5. The van der Waals surface area contributed by atoms with Crippen LogP contribution in [0.1, 0.15) is 58.4 Å². The summed E-state index contributed by atoms with van der Waals surface area (Å²) < 4.78 is 1.56. The summed E-state index contributed by atoms with van der Waals surface area (Å²) in [6.07, 6.45) is 1.96. The fourth-order valence-electron chi connectivity index (χ4n) is 3.84. The maximum absolute atomic E-state index is 10.9. The van der Waals surface area contributed by atoms with Gasteiger partial charge in [0.1, 0.15) is 6.10 Å². The first-order valence-corrected chi connectivity index (χ1v) is 11.5. The van der Waals surface area contributed by atoms with Gasteiger partial charge >= 0.3 is 5.97 Å². The predicted octanol–water partition coefficient (Wildman–Crippen LogP) is 2.08. The lowest BCUT2D eigenvalue weighted by Gasteiger charge is -2.17. The van der Waals surface area contributed by atoms with Crippen LogP contribution in [-0.4, -0.2) is 70.8 Å². The topological polar surface area (TPSA) is 146 Å². The Balaban J connectivity index is 1.88. The van der Waals surface area contributed by atoms with Crippen LogP contribution in [-0.2, 0) is 4.79 Å². The Bertz CT molecular complexity index is 863. The van der Waals surface area contributed by atoms with Crippen molar-refractivity contribution in [2.75, 3.05) is 17.6 Å². The van der Waals surface area contributed by atoms with Gasteiger partial charge in [-0.2, -0.15) is 0 Å². The summed E-state index contributed by atoms with van der Waals surface area (Å²) in [5.74, 6) is 0.272. The van der Waals surface area contributed by atoms with Gasteiger partial charge in [0.15, 0.2) is 22.1 Å². The van der Waals surface area contributed by atoms with Crippen molar-refractivity contribution in [3.8, 4) is 0 Å². The van der Waals surface area contributed by atoms with E-state index in [1.807, 2.05) is 6.92 Å². The van der Waals surface area contributed by atoms with Gasteiger partial charge in [0.2, 0.25) is 0 Å². The van der Waals surface area contributed by atoms with E-state index in [0.717, 1.165) is 25.0 Å². The second-order valence-corrected chi connectivity index (χ2v) is 8.69. The van der Waals surface area contributed by atoms with E-state index in [4.69, 9.17) is 5.11 Å². The Labute approximate surface area is 179 Å². The van der Waals surface area contributed by atoms with Crippen molar-refractivity contribution in [3.05, 3.63) is 0 Å². The summed E-state index contributed by atoms with van der Waals surface area (Å²) in [5.41, 5.74) is 1.03. The van der Waals surface area contributed by atoms with E-state index in [-0.39, 0.29) is 12.3 Å². The number of fused-ring (bicyclic) bond motifs is 1. The number of anilines is 1. The number of aromatic nitrogens is 5. The second-order valence-electron chi connectivity index (χ2n) is 7.62. The molecule has 4 unspecified atom stereocenters. The van der Waals surface area contributed by atoms with E-state index < -0.39 is 24.2 Å². The van der Waals surface area contributed by atoms with Crippen LogP contribution in [0.15, 0.2) is 5.16 Å². The van der Waals surface area contributed by atoms with Crippen molar-refractivity contribution < 1.29 is 20.1 Å². The summed E-state index contributed by atoms with van der Waals surface area (Å²) in [4.78, 5) is 20.1. The van der Waals surface area contributed by atoms with Crippen molar-refractivity contribution >= 4 is 34.7 Å². The quantitative estimate of drug-likeness (QED) is 0.233. The standard InChI is InChI=1S/C19H30N6O4S/c1-3-5-6-9-30-19-21-17(20-4-2)14-18(22-19)25(24-23-14)12-10-11(7-8-13(26)27)15(28)16(12)29/h11-12,15-16,28-29H,3-10H2,1-2H3,(H,26,27)(H,20,21,22). The molecule has 1 saturated carbocycles. The zero-order valence-corrected chi connectivity index (χ0v) is 18.2. The van der Waals surface area contributed by atoms with Crippen LogP contribution in [0.3, 0.4) is 0 Å². The zero-order chi connectivity index (χ0) is 21.7. The fourth-order valence-corrected chi connectivity index (χ4v) is 4.68. The molecule has 3 rings (SSSR count). The van der Waals surface area contributed by atoms with Gasteiger partial charge in [0, 0.05) is 18.7 Å². The number of aliphatic hydroxyl groups is 2. The molecule has 1 aliphatic rings. The van der Waals surface area contributed by atoms with Crippen LogP contribution in [0.2, 0.25) is 0 Å². The molecule has 1 fully saturated rings. The highest BCUT2D eigenvalue weighted by atomic mass is 32.2. The number of nitrogens with one attached hydrogen (secondary N) is 1. The number of aliphatic carboxylic acids is 1. The first kappa shape index (κ1) is 22.7. The van der Waals surface area contributed by atoms with Crippen molar-refractivity contribution in [1.82, 2.24) is 25.0 Å². The van der Waals surface area contributed by atoms with E-state index in [1.165, 1.54) is 0 Å². The van der Waals surface area contributed by atoms with Crippen molar-refractivity contribution in [2.45, 2.75) is 75.8 Å². The van der Waals surface area contributed by atoms with Crippen LogP contribution in [0, 0.1) is 5.92 Å². The molecule has 2 aromatic rings. The molecule has 2 aromatic heterocycles. The third-order valence-electron chi connectivity index (χ3n) is 5.44. The smallest absolute Gasteiger partial charge is 0.303 e. The monoisotopic (exact) mass is 438 g/mol. The molecular formula is C19H30N6O4S. The summed E-state index contributed by atoms with van der Waals surface area (Å²) in [7, 11) is 0. The molecule has 0 bridgehead atoms. The van der Waals surface area contributed by atoms with E-state index >= 15 is 0 Å². The van der Waals surface area contributed by atoms with Crippen LogP contribution in [0.5, 0.6) is 0 Å². The Morgan fingerprint density at radius 1 is 1.23 bits per heavy atom. The normalized spacial score (nSPS) is 23.9. The van der Waals surface area contributed by atoms with Crippen LogP contribution < -0.4 is 5.32 Å². The Morgan fingerprint density at radius 3 is 2.73 bits per heavy atom. The number of unbranched alkanes of at least 4 members (excludes halogenated alkanes) is 2. The third kappa shape index (κ3) is 5.01. The highest BCUT2D eigenvalue weighted by Crippen LogP contribution is 2.39. The predicted molar refractivity (Wildman–Crippen MR) is 114 cm³/mol. The number of carboxylic acids is 1. The average molecular weight is 439 g/mol. The zero-order valence-electron chi connectivity index (χ0n) is 17.4. The first-order valence-electron chi connectivity index (χ1n) is 10.5. The average Bonchev–Trinajstić information content (AvgIpc) is 3.26. The minimum absolute atomic E-state index is 0.0510. The van der Waals surface area contributed by atoms with Crippen LogP contribution in [0.25, 0.3) is 11.2 Å². The minimum atomic E-state index is -1.06. The molecule has 1 aliphatic carbocycles. The lowest BCUT2D eigenvalue weighted by atomic mass is 9.99. The van der Waals surface area contributed by atoms with Crippen molar-refractivity contribution in [2.24, 2.45) is 5.92 Å². The first-order chi connectivity index (χ1) is 14.5. The minimum Gasteiger partial charge on any atom is -0.481 e. The maximum Gasteiger partial charge on any atom is 0.303 e. The van der Waals surface area contributed by atoms with E-state index in [1.54, 1.807) is 16.4 Å². The molecule has 0 radical (unpaired) electrons. The van der Waals surface area contributed by atoms with Gasteiger partial charge in [-0.05, 0) is 32.1 Å². The number of aliphatic hydroxyl groups excluding tert-OH is 2. The van der Waals surface area contributed by atoms with Gasteiger partial charge in [-0.1, -0.05) is 36.7 Å². The lowest BCUT2D eigenvalue weighted by molar-refractivity contribution is -0.137. The number of carbonyl (C=O) groups is 1. The summed E-state index contributed by atoms with van der Waals surface area (Å²) in [6, 6.07) is -0.522. The van der Waals surface area contributed by atoms with E-state index in [2.05, 4.69) is 32.5 Å².